The molecule has 0 N–H and O–H groups in total. The molecular formula is C21H20F3NO3. The number of hydrogen-bond donors (Lipinski definition) is 0. The van der Waals surface area contributed by atoms with E-state index in [2.05, 4.69) is 9.64 Å². The third kappa shape index (κ3) is 5.42. The SMILES string of the molecule is O=Cc1ccc(CN2CCC(C(=O)c3ccc(OC(F)(F)F)cc3)CC2)cc1. The van der Waals surface area contributed by atoms with Crippen molar-refractivity contribution in [2.75, 3.05) is 13.1 Å². The first-order chi connectivity index (χ1) is 13.3. The summed E-state index contributed by atoms with van der Waals surface area (Å²) in [6.07, 6.45) is -2.54. The zero-order valence-electron chi connectivity index (χ0n) is 15.1. The topological polar surface area (TPSA) is 46.6 Å². The Morgan fingerprint density at radius 2 is 1.64 bits per heavy atom. The second-order valence-electron chi connectivity index (χ2n) is 6.85. The Balaban J connectivity index is 1.52. The monoisotopic (exact) mass is 391 g/mol. The molecule has 0 bridgehead atoms. The van der Waals surface area contributed by atoms with Crippen molar-refractivity contribution in [3.8, 4) is 5.75 Å². The third-order valence-corrected chi connectivity index (χ3v) is 4.85. The van der Waals surface area contributed by atoms with E-state index in [1.54, 1.807) is 12.1 Å². The van der Waals surface area contributed by atoms with Crippen LogP contribution in [0.1, 0.15) is 39.1 Å². The second kappa shape index (κ2) is 8.56. The van der Waals surface area contributed by atoms with Gasteiger partial charge in [0.15, 0.2) is 5.78 Å². The van der Waals surface area contributed by atoms with Gasteiger partial charge in [0, 0.05) is 23.6 Å². The van der Waals surface area contributed by atoms with Crippen LogP contribution in [0.3, 0.4) is 0 Å². The van der Waals surface area contributed by atoms with E-state index in [1.165, 1.54) is 24.3 Å². The smallest absolute Gasteiger partial charge is 0.406 e. The summed E-state index contributed by atoms with van der Waals surface area (Å²) in [5, 5.41) is 0. The zero-order valence-corrected chi connectivity index (χ0v) is 15.1. The summed E-state index contributed by atoms with van der Waals surface area (Å²) in [5.41, 5.74) is 2.15. The van der Waals surface area contributed by atoms with Gasteiger partial charge < -0.3 is 4.74 Å². The molecule has 0 amide bonds. The summed E-state index contributed by atoms with van der Waals surface area (Å²) in [5.74, 6) is -0.518. The van der Waals surface area contributed by atoms with E-state index in [0.717, 1.165) is 31.5 Å². The number of aldehydes is 1. The molecule has 28 heavy (non-hydrogen) atoms. The van der Waals surface area contributed by atoms with E-state index in [-0.39, 0.29) is 17.5 Å². The van der Waals surface area contributed by atoms with Crippen LogP contribution in [-0.4, -0.2) is 36.4 Å². The lowest BCUT2D eigenvalue weighted by molar-refractivity contribution is -0.274. The fourth-order valence-electron chi connectivity index (χ4n) is 3.37. The lowest BCUT2D eigenvalue weighted by Crippen LogP contribution is -2.35. The minimum absolute atomic E-state index is 0.0476. The highest BCUT2D eigenvalue weighted by Gasteiger charge is 2.31. The number of nitrogens with zero attached hydrogens (tertiary/aromatic N) is 1. The van der Waals surface area contributed by atoms with Crippen LogP contribution in [0.5, 0.6) is 5.75 Å². The number of halogens is 3. The predicted molar refractivity (Wildman–Crippen MR) is 97.3 cm³/mol. The first-order valence-corrected chi connectivity index (χ1v) is 9.00. The Bertz CT molecular complexity index is 808. The molecule has 1 heterocycles. The van der Waals surface area contributed by atoms with Crippen LogP contribution in [-0.2, 0) is 6.54 Å². The molecular weight excluding hydrogens is 371 g/mol. The van der Waals surface area contributed by atoms with Gasteiger partial charge in [-0.15, -0.1) is 13.2 Å². The van der Waals surface area contributed by atoms with Gasteiger partial charge in [0.05, 0.1) is 0 Å². The lowest BCUT2D eigenvalue weighted by Gasteiger charge is -2.31. The van der Waals surface area contributed by atoms with E-state index < -0.39 is 6.36 Å². The summed E-state index contributed by atoms with van der Waals surface area (Å²) >= 11 is 0. The van der Waals surface area contributed by atoms with Gasteiger partial charge in [-0.1, -0.05) is 24.3 Å². The molecule has 0 atom stereocenters. The highest BCUT2D eigenvalue weighted by atomic mass is 19.4. The van der Waals surface area contributed by atoms with Crippen LogP contribution in [0.2, 0.25) is 0 Å². The molecule has 1 aliphatic rings. The molecule has 1 aliphatic heterocycles. The minimum atomic E-state index is -4.74. The normalized spacial score (nSPS) is 16.0. The molecule has 2 aromatic rings. The molecule has 4 nitrogen and oxygen atoms in total. The van der Waals surface area contributed by atoms with Gasteiger partial charge in [0.25, 0.3) is 0 Å². The number of benzene rings is 2. The quantitative estimate of drug-likeness (QED) is 0.538. The summed E-state index contributed by atoms with van der Waals surface area (Å²) in [4.78, 5) is 25.6. The number of hydrogen-bond acceptors (Lipinski definition) is 4. The number of Topliss-reactive ketones (excluding diaryl/α,β-unsaturated/α-hetero) is 1. The van der Waals surface area contributed by atoms with Crippen LogP contribution in [0.4, 0.5) is 13.2 Å². The van der Waals surface area contributed by atoms with Crippen molar-refractivity contribution in [2.24, 2.45) is 5.92 Å². The molecule has 0 radical (unpaired) electrons. The largest absolute Gasteiger partial charge is 0.573 e. The zero-order chi connectivity index (χ0) is 20.1. The van der Waals surface area contributed by atoms with Gasteiger partial charge in [-0.25, -0.2) is 0 Å². The lowest BCUT2D eigenvalue weighted by atomic mass is 9.88. The number of alkyl halides is 3. The fourth-order valence-corrected chi connectivity index (χ4v) is 3.37. The minimum Gasteiger partial charge on any atom is -0.406 e. The molecule has 7 heteroatoms. The van der Waals surface area contributed by atoms with Crippen molar-refractivity contribution in [1.82, 2.24) is 4.90 Å². The number of likely N-dealkylation sites (tertiary alicyclic amines) is 1. The van der Waals surface area contributed by atoms with Gasteiger partial charge >= 0.3 is 6.36 Å². The van der Waals surface area contributed by atoms with E-state index in [0.29, 0.717) is 24.0 Å². The molecule has 2 aromatic carbocycles. The number of rotatable bonds is 6. The van der Waals surface area contributed by atoms with Gasteiger partial charge in [0.2, 0.25) is 0 Å². The molecule has 148 valence electrons. The standard InChI is InChI=1S/C21H20F3NO3/c22-21(23,24)28-19-7-5-17(6-8-19)20(27)18-9-11-25(12-10-18)13-15-1-3-16(14-26)4-2-15/h1-8,14,18H,9-13H2. The second-order valence-corrected chi connectivity index (χ2v) is 6.85. The summed E-state index contributed by atoms with van der Waals surface area (Å²) in [7, 11) is 0. The summed E-state index contributed by atoms with van der Waals surface area (Å²) < 4.78 is 40.5. The van der Waals surface area contributed by atoms with Crippen LogP contribution in [0.25, 0.3) is 0 Å². The molecule has 0 saturated carbocycles. The van der Waals surface area contributed by atoms with Gasteiger partial charge in [0.1, 0.15) is 12.0 Å². The number of carbonyl (C=O) groups excluding carboxylic acids is 2. The van der Waals surface area contributed by atoms with Crippen molar-refractivity contribution >= 4 is 12.1 Å². The van der Waals surface area contributed by atoms with E-state index in [1.807, 2.05) is 12.1 Å². The Morgan fingerprint density at radius 1 is 1.04 bits per heavy atom. The third-order valence-electron chi connectivity index (χ3n) is 4.85. The maximum atomic E-state index is 12.6. The van der Waals surface area contributed by atoms with Crippen molar-refractivity contribution < 1.29 is 27.5 Å². The van der Waals surface area contributed by atoms with Crippen LogP contribution in [0.15, 0.2) is 48.5 Å². The number of ether oxygens (including phenoxy) is 1. The average molecular weight is 391 g/mol. The highest BCUT2D eigenvalue weighted by Crippen LogP contribution is 2.26. The number of carbonyl (C=O) groups is 2. The molecule has 0 aromatic heterocycles. The Morgan fingerprint density at radius 3 is 2.18 bits per heavy atom. The fraction of sp³-hybridized carbons (Fsp3) is 0.333. The Hall–Kier alpha value is -2.67. The average Bonchev–Trinajstić information content (AvgIpc) is 2.68. The number of ketones is 1. The van der Waals surface area contributed by atoms with Crippen molar-refractivity contribution in [2.45, 2.75) is 25.7 Å². The van der Waals surface area contributed by atoms with Crippen molar-refractivity contribution in [3.05, 3.63) is 65.2 Å². The number of piperidine rings is 1. The van der Waals surface area contributed by atoms with E-state index in [9.17, 15) is 22.8 Å². The van der Waals surface area contributed by atoms with Crippen molar-refractivity contribution in [1.29, 1.82) is 0 Å². The molecule has 0 aliphatic carbocycles. The first kappa shape index (κ1) is 20.1. The van der Waals surface area contributed by atoms with E-state index >= 15 is 0 Å². The highest BCUT2D eigenvalue weighted by molar-refractivity contribution is 5.98. The maximum absolute atomic E-state index is 12.6. The summed E-state index contributed by atoms with van der Waals surface area (Å²) in [6.45, 7) is 2.28. The van der Waals surface area contributed by atoms with Crippen LogP contribution < -0.4 is 4.74 Å². The van der Waals surface area contributed by atoms with Gasteiger partial charge in [-0.05, 0) is 55.8 Å². The van der Waals surface area contributed by atoms with Gasteiger partial charge in [-0.3, -0.25) is 14.5 Å². The molecule has 0 unspecified atom stereocenters. The van der Waals surface area contributed by atoms with Crippen LogP contribution >= 0.6 is 0 Å². The maximum Gasteiger partial charge on any atom is 0.573 e. The van der Waals surface area contributed by atoms with Crippen molar-refractivity contribution in [3.63, 3.8) is 0 Å². The molecule has 1 fully saturated rings. The van der Waals surface area contributed by atoms with E-state index in [4.69, 9.17) is 0 Å². The molecule has 0 spiro atoms. The Labute approximate surface area is 160 Å². The van der Waals surface area contributed by atoms with Crippen LogP contribution in [0, 0.1) is 5.92 Å². The first-order valence-electron chi connectivity index (χ1n) is 9.00. The predicted octanol–water partition coefficient (Wildman–Crippen LogP) is 4.49. The Kier molecular flexibility index (Phi) is 6.14. The molecule has 1 saturated heterocycles. The molecule has 3 rings (SSSR count). The van der Waals surface area contributed by atoms with Gasteiger partial charge in [-0.2, -0.15) is 0 Å². The summed E-state index contributed by atoms with van der Waals surface area (Å²) in [6, 6.07) is 12.5.